The van der Waals surface area contributed by atoms with Crippen molar-refractivity contribution < 1.29 is 9.90 Å². The van der Waals surface area contributed by atoms with Crippen LogP contribution in [0.4, 0.5) is 0 Å². The summed E-state index contributed by atoms with van der Waals surface area (Å²) in [6, 6.07) is 0. The minimum Gasteiger partial charge on any atom is -0.481 e. The first-order valence-corrected chi connectivity index (χ1v) is 4.75. The summed E-state index contributed by atoms with van der Waals surface area (Å²) >= 11 is 0. The molecule has 0 saturated carbocycles. The second kappa shape index (κ2) is 3.79. The normalized spacial score (nSPS) is 16.0. The van der Waals surface area contributed by atoms with Crippen LogP contribution in [0.2, 0.25) is 0 Å². The van der Waals surface area contributed by atoms with Crippen LogP contribution in [0, 0.1) is 0 Å². The summed E-state index contributed by atoms with van der Waals surface area (Å²) in [5.41, 5.74) is 2.87. The molecule has 76 valence electrons. The number of aliphatic carboxylic acids is 1. The largest absolute Gasteiger partial charge is 0.481 e. The summed E-state index contributed by atoms with van der Waals surface area (Å²) in [5.74, 6) is -0.823. The molecule has 5 nitrogen and oxygen atoms in total. The predicted octanol–water partition coefficient (Wildman–Crippen LogP) is -0.275. The highest BCUT2D eigenvalue weighted by atomic mass is 16.4. The molecule has 0 radical (unpaired) electrons. The van der Waals surface area contributed by atoms with Crippen molar-refractivity contribution >= 4 is 5.97 Å². The van der Waals surface area contributed by atoms with Gasteiger partial charge in [-0.1, -0.05) is 0 Å². The molecule has 2 rings (SSSR count). The molecule has 0 spiro atoms. The van der Waals surface area contributed by atoms with Gasteiger partial charge in [-0.3, -0.25) is 9.89 Å². The summed E-state index contributed by atoms with van der Waals surface area (Å²) in [4.78, 5) is 10.6. The molecule has 3 N–H and O–H groups in total. The standard InChI is InChI=1S/C9H13N3O2/c13-9(14)5-8-6-1-3-10-4-2-7(6)11-12-8/h10H,1-5H2,(H,11,12)(H,13,14). The second-order valence-corrected chi connectivity index (χ2v) is 3.45. The second-order valence-electron chi connectivity index (χ2n) is 3.45. The van der Waals surface area contributed by atoms with Gasteiger partial charge in [0.05, 0.1) is 12.1 Å². The molecule has 0 amide bonds. The first-order chi connectivity index (χ1) is 6.77. The maximum Gasteiger partial charge on any atom is 0.309 e. The molecule has 0 aliphatic carbocycles. The molecule has 1 aliphatic rings. The summed E-state index contributed by atoms with van der Waals surface area (Å²) in [7, 11) is 0. The van der Waals surface area contributed by atoms with Crippen molar-refractivity contribution in [3.05, 3.63) is 17.0 Å². The van der Waals surface area contributed by atoms with E-state index in [-0.39, 0.29) is 6.42 Å². The van der Waals surface area contributed by atoms with Crippen molar-refractivity contribution in [1.29, 1.82) is 0 Å². The third-order valence-corrected chi connectivity index (χ3v) is 2.46. The van der Waals surface area contributed by atoms with Crippen LogP contribution in [0.1, 0.15) is 17.0 Å². The molecular weight excluding hydrogens is 182 g/mol. The molecule has 0 saturated heterocycles. The quantitative estimate of drug-likeness (QED) is 0.606. The van der Waals surface area contributed by atoms with Gasteiger partial charge in [0.15, 0.2) is 0 Å². The van der Waals surface area contributed by atoms with Crippen LogP contribution in [0.5, 0.6) is 0 Å². The maximum atomic E-state index is 10.6. The number of aromatic nitrogens is 2. The first-order valence-electron chi connectivity index (χ1n) is 4.75. The van der Waals surface area contributed by atoms with Gasteiger partial charge in [0.2, 0.25) is 0 Å². The Morgan fingerprint density at radius 3 is 3.00 bits per heavy atom. The van der Waals surface area contributed by atoms with Crippen molar-refractivity contribution in [2.45, 2.75) is 19.3 Å². The SMILES string of the molecule is O=C(O)Cc1n[nH]c2c1CCNCC2. The van der Waals surface area contributed by atoms with E-state index in [9.17, 15) is 4.79 Å². The third kappa shape index (κ3) is 1.77. The number of nitrogens with one attached hydrogen (secondary N) is 2. The van der Waals surface area contributed by atoms with E-state index >= 15 is 0 Å². The number of aromatic amines is 1. The van der Waals surface area contributed by atoms with Crippen LogP contribution in [-0.4, -0.2) is 34.4 Å². The van der Waals surface area contributed by atoms with E-state index in [1.54, 1.807) is 0 Å². The van der Waals surface area contributed by atoms with E-state index < -0.39 is 5.97 Å². The van der Waals surface area contributed by atoms with E-state index in [1.807, 2.05) is 0 Å². The zero-order chi connectivity index (χ0) is 9.97. The Labute approximate surface area is 81.5 Å². The number of rotatable bonds is 2. The highest BCUT2D eigenvalue weighted by molar-refractivity contribution is 5.70. The Morgan fingerprint density at radius 1 is 1.43 bits per heavy atom. The number of hydrogen-bond donors (Lipinski definition) is 3. The number of carbonyl (C=O) groups is 1. The zero-order valence-electron chi connectivity index (χ0n) is 7.84. The minimum absolute atomic E-state index is 0.0197. The van der Waals surface area contributed by atoms with Crippen LogP contribution >= 0.6 is 0 Å². The van der Waals surface area contributed by atoms with Crippen LogP contribution in [-0.2, 0) is 24.1 Å². The zero-order valence-corrected chi connectivity index (χ0v) is 7.84. The molecule has 0 unspecified atom stereocenters. The molecule has 0 aromatic carbocycles. The molecule has 14 heavy (non-hydrogen) atoms. The van der Waals surface area contributed by atoms with Gasteiger partial charge in [0.1, 0.15) is 0 Å². The number of H-pyrrole nitrogens is 1. The van der Waals surface area contributed by atoms with Gasteiger partial charge < -0.3 is 10.4 Å². The fraction of sp³-hybridized carbons (Fsp3) is 0.556. The molecule has 2 heterocycles. The minimum atomic E-state index is -0.823. The van der Waals surface area contributed by atoms with Crippen molar-refractivity contribution in [3.63, 3.8) is 0 Å². The van der Waals surface area contributed by atoms with E-state index in [0.29, 0.717) is 5.69 Å². The monoisotopic (exact) mass is 195 g/mol. The van der Waals surface area contributed by atoms with Crippen LogP contribution < -0.4 is 5.32 Å². The maximum absolute atomic E-state index is 10.6. The van der Waals surface area contributed by atoms with Gasteiger partial charge in [-0.05, 0) is 18.5 Å². The Kier molecular flexibility index (Phi) is 2.49. The third-order valence-electron chi connectivity index (χ3n) is 2.46. The fourth-order valence-electron chi connectivity index (χ4n) is 1.79. The molecule has 0 atom stereocenters. The summed E-state index contributed by atoms with van der Waals surface area (Å²) in [5, 5.41) is 18.9. The van der Waals surface area contributed by atoms with Gasteiger partial charge in [0.25, 0.3) is 0 Å². The smallest absolute Gasteiger partial charge is 0.309 e. The topological polar surface area (TPSA) is 78.0 Å². The Morgan fingerprint density at radius 2 is 2.21 bits per heavy atom. The fourth-order valence-corrected chi connectivity index (χ4v) is 1.79. The van der Waals surface area contributed by atoms with Crippen LogP contribution in [0.3, 0.4) is 0 Å². The lowest BCUT2D eigenvalue weighted by Crippen LogP contribution is -2.17. The van der Waals surface area contributed by atoms with E-state index in [0.717, 1.165) is 37.2 Å². The Bertz CT molecular complexity index is 346. The number of hydrogen-bond acceptors (Lipinski definition) is 3. The number of carboxylic acid groups (broad SMARTS) is 1. The van der Waals surface area contributed by atoms with Crippen LogP contribution in [0.25, 0.3) is 0 Å². The van der Waals surface area contributed by atoms with E-state index in [4.69, 9.17) is 5.11 Å². The summed E-state index contributed by atoms with van der Waals surface area (Å²) in [6.07, 6.45) is 1.79. The van der Waals surface area contributed by atoms with Crippen molar-refractivity contribution in [3.8, 4) is 0 Å². The van der Waals surface area contributed by atoms with Gasteiger partial charge in [-0.25, -0.2) is 0 Å². The average Bonchev–Trinajstić information content (AvgIpc) is 2.37. The van der Waals surface area contributed by atoms with E-state index in [1.165, 1.54) is 0 Å². The van der Waals surface area contributed by atoms with Crippen molar-refractivity contribution in [1.82, 2.24) is 15.5 Å². The highest BCUT2D eigenvalue weighted by Crippen LogP contribution is 2.15. The molecule has 0 bridgehead atoms. The van der Waals surface area contributed by atoms with Crippen molar-refractivity contribution in [2.24, 2.45) is 0 Å². The summed E-state index contributed by atoms with van der Waals surface area (Å²) < 4.78 is 0. The Balaban J connectivity index is 2.24. The van der Waals surface area contributed by atoms with E-state index in [2.05, 4.69) is 15.5 Å². The lowest BCUT2D eigenvalue weighted by Gasteiger charge is -1.98. The van der Waals surface area contributed by atoms with Crippen molar-refractivity contribution in [2.75, 3.05) is 13.1 Å². The molecule has 1 aromatic rings. The molecular formula is C9H13N3O2. The Hall–Kier alpha value is -1.36. The van der Waals surface area contributed by atoms with Gasteiger partial charge >= 0.3 is 5.97 Å². The molecule has 1 aromatic heterocycles. The average molecular weight is 195 g/mol. The molecule has 1 aliphatic heterocycles. The first kappa shape index (κ1) is 9.21. The van der Waals surface area contributed by atoms with Gasteiger partial charge in [0, 0.05) is 18.7 Å². The highest BCUT2D eigenvalue weighted by Gasteiger charge is 2.16. The molecule has 5 heteroatoms. The number of fused-ring (bicyclic) bond motifs is 1. The van der Waals surface area contributed by atoms with Gasteiger partial charge in [-0.2, -0.15) is 5.10 Å². The number of carboxylic acids is 1. The number of nitrogens with zero attached hydrogens (tertiary/aromatic N) is 1. The molecule has 0 fully saturated rings. The van der Waals surface area contributed by atoms with Crippen LogP contribution in [0.15, 0.2) is 0 Å². The summed E-state index contributed by atoms with van der Waals surface area (Å²) in [6.45, 7) is 1.83. The lowest BCUT2D eigenvalue weighted by molar-refractivity contribution is -0.136. The lowest BCUT2D eigenvalue weighted by atomic mass is 10.1. The van der Waals surface area contributed by atoms with Gasteiger partial charge in [-0.15, -0.1) is 0 Å². The predicted molar refractivity (Wildman–Crippen MR) is 50.2 cm³/mol.